The Bertz CT molecular complexity index is 379. The minimum absolute atomic E-state index is 0.00410. The van der Waals surface area contributed by atoms with Gasteiger partial charge in [-0.05, 0) is 24.6 Å². The molecule has 0 aliphatic heterocycles. The van der Waals surface area contributed by atoms with Gasteiger partial charge in [-0.25, -0.2) is 0 Å². The second-order valence-electron chi connectivity index (χ2n) is 3.87. The Morgan fingerprint density at radius 2 is 2.29 bits per heavy atom. The highest BCUT2D eigenvalue weighted by Crippen LogP contribution is 2.31. The van der Waals surface area contributed by atoms with E-state index in [4.69, 9.17) is 5.73 Å². The second-order valence-corrected chi connectivity index (χ2v) is 3.87. The predicted octanol–water partition coefficient (Wildman–Crippen LogP) is 2.14. The first-order valence-corrected chi connectivity index (χ1v) is 4.77. The van der Waals surface area contributed by atoms with Crippen LogP contribution >= 0.6 is 0 Å². The smallest absolute Gasteiger partial charge is 0.0503 e. The zero-order chi connectivity index (χ0) is 10.0. The molecule has 0 amide bonds. The minimum atomic E-state index is 0.00410. The van der Waals surface area contributed by atoms with Crippen LogP contribution in [-0.2, 0) is 5.41 Å². The predicted molar refractivity (Wildman–Crippen MR) is 57.6 cm³/mol. The maximum absolute atomic E-state index is 5.69. The highest BCUT2D eigenvalue weighted by Gasteiger charge is 2.25. The molecule has 0 radical (unpaired) electrons. The van der Waals surface area contributed by atoms with Crippen molar-refractivity contribution in [3.8, 4) is 0 Å². The van der Waals surface area contributed by atoms with E-state index < -0.39 is 0 Å². The molecular weight excluding hydrogens is 172 g/mol. The van der Waals surface area contributed by atoms with Crippen molar-refractivity contribution in [2.75, 3.05) is 0 Å². The van der Waals surface area contributed by atoms with Crippen LogP contribution in [-0.4, -0.2) is 4.98 Å². The Morgan fingerprint density at radius 3 is 2.86 bits per heavy atom. The molecule has 14 heavy (non-hydrogen) atoms. The summed E-state index contributed by atoms with van der Waals surface area (Å²) in [6, 6.07) is 6.01. The third kappa shape index (κ3) is 1.55. The number of pyridine rings is 1. The summed E-state index contributed by atoms with van der Waals surface area (Å²) in [5, 5.41) is 0. The lowest BCUT2D eigenvalue weighted by molar-refractivity contribution is 0.575. The van der Waals surface area contributed by atoms with Gasteiger partial charge in [0.1, 0.15) is 0 Å². The number of rotatable bonds is 1. The van der Waals surface area contributed by atoms with Crippen LogP contribution in [0.3, 0.4) is 0 Å². The fraction of sp³-hybridized carbons (Fsp3) is 0.250. The van der Waals surface area contributed by atoms with E-state index in [1.165, 1.54) is 0 Å². The van der Waals surface area contributed by atoms with Gasteiger partial charge in [-0.2, -0.15) is 0 Å². The molecule has 2 N–H and O–H groups in total. The Morgan fingerprint density at radius 1 is 1.43 bits per heavy atom. The molecule has 0 aromatic carbocycles. The summed E-state index contributed by atoms with van der Waals surface area (Å²) in [5.74, 6) is 0. The van der Waals surface area contributed by atoms with Gasteiger partial charge in [-0.3, -0.25) is 4.98 Å². The molecule has 2 nitrogen and oxygen atoms in total. The lowest BCUT2D eigenvalue weighted by Crippen LogP contribution is -2.22. The van der Waals surface area contributed by atoms with Crippen molar-refractivity contribution in [2.45, 2.75) is 18.8 Å². The normalized spacial score (nSPS) is 25.9. The average Bonchev–Trinajstić information content (AvgIpc) is 2.24. The summed E-state index contributed by atoms with van der Waals surface area (Å²) in [6.07, 6.45) is 8.89. The van der Waals surface area contributed by atoms with Gasteiger partial charge in [0.2, 0.25) is 0 Å². The topological polar surface area (TPSA) is 38.9 Å². The van der Waals surface area contributed by atoms with Crippen molar-refractivity contribution < 1.29 is 0 Å². The van der Waals surface area contributed by atoms with Crippen LogP contribution in [0.25, 0.3) is 0 Å². The van der Waals surface area contributed by atoms with Gasteiger partial charge < -0.3 is 5.73 Å². The summed E-state index contributed by atoms with van der Waals surface area (Å²) < 4.78 is 0. The van der Waals surface area contributed by atoms with Crippen LogP contribution in [0.4, 0.5) is 0 Å². The molecule has 1 aromatic rings. The first-order chi connectivity index (χ1) is 6.71. The van der Waals surface area contributed by atoms with Crippen LogP contribution in [0.2, 0.25) is 0 Å². The van der Waals surface area contributed by atoms with Crippen molar-refractivity contribution in [3.05, 3.63) is 54.0 Å². The third-order valence-corrected chi connectivity index (χ3v) is 2.66. The number of nitrogens with two attached hydrogens (primary N) is 1. The monoisotopic (exact) mass is 186 g/mol. The zero-order valence-electron chi connectivity index (χ0n) is 8.27. The Kier molecular flexibility index (Phi) is 2.12. The van der Waals surface area contributed by atoms with Gasteiger partial charge in [-0.15, -0.1) is 0 Å². The van der Waals surface area contributed by atoms with Crippen LogP contribution in [0.15, 0.2) is 48.3 Å². The molecule has 0 saturated heterocycles. The Balaban J connectivity index is 2.32. The SMILES string of the molecule is CC1(c2ccccn2)C=CC(N)=CC1. The number of aromatic nitrogens is 1. The van der Waals surface area contributed by atoms with Crippen molar-refractivity contribution in [2.24, 2.45) is 5.73 Å². The standard InChI is InChI=1S/C12H14N2/c1-12(7-5-10(13)6-8-12)11-4-2-3-9-14-11/h2-7,9H,8,13H2,1H3. The number of allylic oxidation sites excluding steroid dienone is 3. The van der Waals surface area contributed by atoms with E-state index in [-0.39, 0.29) is 5.41 Å². The minimum Gasteiger partial charge on any atom is -0.399 e. The molecule has 1 aliphatic carbocycles. The van der Waals surface area contributed by atoms with E-state index in [0.717, 1.165) is 17.8 Å². The quantitative estimate of drug-likeness (QED) is 0.729. The second kappa shape index (κ2) is 3.29. The Hall–Kier alpha value is -1.57. The van der Waals surface area contributed by atoms with Gasteiger partial charge in [0.25, 0.3) is 0 Å². The molecule has 1 atom stereocenters. The number of nitrogens with zero attached hydrogens (tertiary/aromatic N) is 1. The Labute approximate surface area is 84.2 Å². The molecule has 0 fully saturated rings. The molecule has 72 valence electrons. The van der Waals surface area contributed by atoms with E-state index in [1.54, 1.807) is 0 Å². The van der Waals surface area contributed by atoms with Gasteiger partial charge in [-0.1, -0.05) is 25.1 Å². The molecule has 0 saturated carbocycles. The first kappa shape index (κ1) is 9.00. The van der Waals surface area contributed by atoms with Gasteiger partial charge >= 0.3 is 0 Å². The van der Waals surface area contributed by atoms with Crippen LogP contribution in [0.5, 0.6) is 0 Å². The van der Waals surface area contributed by atoms with Crippen LogP contribution in [0, 0.1) is 0 Å². The maximum atomic E-state index is 5.69. The van der Waals surface area contributed by atoms with Crippen molar-refractivity contribution in [1.29, 1.82) is 0 Å². The summed E-state index contributed by atoms with van der Waals surface area (Å²) in [4.78, 5) is 4.38. The molecule has 0 bridgehead atoms. The number of hydrogen-bond acceptors (Lipinski definition) is 2. The highest BCUT2D eigenvalue weighted by molar-refractivity contribution is 5.33. The lowest BCUT2D eigenvalue weighted by atomic mass is 9.80. The third-order valence-electron chi connectivity index (χ3n) is 2.66. The van der Waals surface area contributed by atoms with E-state index in [1.807, 2.05) is 24.4 Å². The first-order valence-electron chi connectivity index (χ1n) is 4.77. The fourth-order valence-corrected chi connectivity index (χ4v) is 1.64. The molecule has 0 spiro atoms. The summed E-state index contributed by atoms with van der Waals surface area (Å²) in [5.41, 5.74) is 7.63. The molecule has 1 unspecified atom stereocenters. The molecule has 1 heterocycles. The molecule has 2 rings (SSSR count). The van der Waals surface area contributed by atoms with E-state index in [2.05, 4.69) is 30.1 Å². The molecular formula is C12H14N2. The lowest BCUT2D eigenvalue weighted by Gasteiger charge is -2.26. The summed E-state index contributed by atoms with van der Waals surface area (Å²) in [7, 11) is 0. The van der Waals surface area contributed by atoms with Crippen LogP contribution in [0.1, 0.15) is 19.0 Å². The molecule has 1 aromatic heterocycles. The fourth-order valence-electron chi connectivity index (χ4n) is 1.64. The van der Waals surface area contributed by atoms with Crippen LogP contribution < -0.4 is 5.73 Å². The summed E-state index contributed by atoms with van der Waals surface area (Å²) >= 11 is 0. The van der Waals surface area contributed by atoms with E-state index in [9.17, 15) is 0 Å². The average molecular weight is 186 g/mol. The maximum Gasteiger partial charge on any atom is 0.0503 e. The van der Waals surface area contributed by atoms with Crippen molar-refractivity contribution in [3.63, 3.8) is 0 Å². The summed E-state index contributed by atoms with van der Waals surface area (Å²) in [6.45, 7) is 2.18. The van der Waals surface area contributed by atoms with Gasteiger partial charge in [0.15, 0.2) is 0 Å². The van der Waals surface area contributed by atoms with Gasteiger partial charge in [0, 0.05) is 17.3 Å². The van der Waals surface area contributed by atoms with Crippen molar-refractivity contribution >= 4 is 0 Å². The van der Waals surface area contributed by atoms with Crippen molar-refractivity contribution in [1.82, 2.24) is 4.98 Å². The van der Waals surface area contributed by atoms with E-state index in [0.29, 0.717) is 0 Å². The molecule has 2 heteroatoms. The zero-order valence-corrected chi connectivity index (χ0v) is 8.27. The highest BCUT2D eigenvalue weighted by atomic mass is 14.7. The molecule has 1 aliphatic rings. The van der Waals surface area contributed by atoms with Gasteiger partial charge in [0.05, 0.1) is 5.69 Å². The largest absolute Gasteiger partial charge is 0.399 e. The number of hydrogen-bond donors (Lipinski definition) is 1. The van der Waals surface area contributed by atoms with E-state index >= 15 is 0 Å².